The van der Waals surface area contributed by atoms with E-state index in [9.17, 15) is 5.26 Å². The molecule has 0 aliphatic rings. The number of para-hydroxylation sites is 3. The van der Waals surface area contributed by atoms with Crippen LogP contribution in [0.25, 0.3) is 66.2 Å². The Kier molecular flexibility index (Phi) is 5.07. The van der Waals surface area contributed by atoms with Gasteiger partial charge < -0.3 is 9.13 Å². The zero-order valence-corrected chi connectivity index (χ0v) is 22.4. The average molecular weight is 525 g/mol. The quantitative estimate of drug-likeness (QED) is 0.231. The highest BCUT2D eigenvalue weighted by atomic mass is 15.0. The fourth-order valence-corrected chi connectivity index (χ4v) is 6.30. The second-order valence-corrected chi connectivity index (χ2v) is 10.5. The second-order valence-electron chi connectivity index (χ2n) is 10.5. The molecule has 8 rings (SSSR count). The van der Waals surface area contributed by atoms with E-state index in [2.05, 4.69) is 125 Å². The van der Waals surface area contributed by atoms with Crippen molar-refractivity contribution in [2.24, 2.45) is 0 Å². The molecule has 3 aromatic heterocycles. The minimum absolute atomic E-state index is 0.657. The van der Waals surface area contributed by atoms with Gasteiger partial charge in [-0.25, -0.2) is 0 Å². The maximum absolute atomic E-state index is 9.63. The van der Waals surface area contributed by atoms with Crippen molar-refractivity contribution in [3.05, 3.63) is 139 Å². The lowest BCUT2D eigenvalue weighted by Gasteiger charge is -2.16. The third-order valence-electron chi connectivity index (χ3n) is 8.08. The summed E-state index contributed by atoms with van der Waals surface area (Å²) in [5.41, 5.74) is 10.4. The van der Waals surface area contributed by atoms with Crippen molar-refractivity contribution in [1.82, 2.24) is 14.1 Å². The third-order valence-corrected chi connectivity index (χ3v) is 8.08. The van der Waals surface area contributed by atoms with Gasteiger partial charge in [-0.2, -0.15) is 5.26 Å². The normalized spacial score (nSPS) is 11.5. The van der Waals surface area contributed by atoms with Crippen LogP contribution in [0.1, 0.15) is 11.1 Å². The first-order chi connectivity index (χ1) is 20.2. The van der Waals surface area contributed by atoms with Gasteiger partial charge in [-0.3, -0.25) is 4.98 Å². The molecular weight excluding hydrogens is 500 g/mol. The number of hydrogen-bond acceptors (Lipinski definition) is 2. The van der Waals surface area contributed by atoms with Crippen molar-refractivity contribution in [2.75, 3.05) is 0 Å². The molecule has 0 N–H and O–H groups in total. The molecule has 0 radical (unpaired) electrons. The lowest BCUT2D eigenvalue weighted by atomic mass is 10.0. The summed E-state index contributed by atoms with van der Waals surface area (Å²) in [6.45, 7) is 2.11. The number of aromatic nitrogens is 3. The van der Waals surface area contributed by atoms with Crippen molar-refractivity contribution in [3.8, 4) is 28.7 Å². The van der Waals surface area contributed by atoms with Crippen LogP contribution in [0.2, 0.25) is 0 Å². The molecule has 0 aliphatic carbocycles. The molecule has 0 unspecified atom stereocenters. The van der Waals surface area contributed by atoms with Crippen LogP contribution >= 0.6 is 0 Å². The Morgan fingerprint density at radius 3 is 1.66 bits per heavy atom. The third kappa shape index (κ3) is 3.50. The van der Waals surface area contributed by atoms with Crippen LogP contribution in [-0.4, -0.2) is 14.1 Å². The molecule has 0 amide bonds. The molecule has 0 spiro atoms. The Balaban J connectivity index is 1.51. The van der Waals surface area contributed by atoms with Gasteiger partial charge in [-0.1, -0.05) is 60.7 Å². The van der Waals surface area contributed by atoms with Crippen molar-refractivity contribution in [2.45, 2.75) is 6.92 Å². The highest BCUT2D eigenvalue weighted by Gasteiger charge is 2.18. The number of rotatable bonds is 3. The summed E-state index contributed by atoms with van der Waals surface area (Å²) in [7, 11) is 0. The van der Waals surface area contributed by atoms with Crippen molar-refractivity contribution in [3.63, 3.8) is 0 Å². The molecular formula is C37H24N4. The predicted octanol–water partition coefficient (Wildman–Crippen LogP) is 9.12. The fourth-order valence-electron chi connectivity index (χ4n) is 6.30. The second kappa shape index (κ2) is 8.94. The number of nitriles is 1. The van der Waals surface area contributed by atoms with Gasteiger partial charge in [-0.15, -0.1) is 0 Å². The first-order valence-corrected chi connectivity index (χ1v) is 13.7. The van der Waals surface area contributed by atoms with E-state index in [1.807, 2.05) is 24.4 Å². The summed E-state index contributed by atoms with van der Waals surface area (Å²) >= 11 is 0. The van der Waals surface area contributed by atoms with E-state index in [0.29, 0.717) is 5.56 Å². The average Bonchev–Trinajstić information content (AvgIpc) is 3.54. The smallest absolute Gasteiger partial charge is 0.0991 e. The van der Waals surface area contributed by atoms with E-state index in [0.717, 1.165) is 61.0 Å². The van der Waals surface area contributed by atoms with Gasteiger partial charge in [0.25, 0.3) is 0 Å². The van der Waals surface area contributed by atoms with E-state index >= 15 is 0 Å². The summed E-state index contributed by atoms with van der Waals surface area (Å²) in [4.78, 5) is 4.81. The molecule has 0 saturated heterocycles. The highest BCUT2D eigenvalue weighted by Crippen LogP contribution is 2.38. The lowest BCUT2D eigenvalue weighted by molar-refractivity contribution is 1.13. The van der Waals surface area contributed by atoms with E-state index in [4.69, 9.17) is 4.98 Å². The van der Waals surface area contributed by atoms with Gasteiger partial charge in [0.2, 0.25) is 0 Å². The topological polar surface area (TPSA) is 46.5 Å². The Hall–Kier alpha value is -5.66. The fraction of sp³-hybridized carbons (Fsp3) is 0.0270. The molecule has 0 atom stereocenters. The monoisotopic (exact) mass is 524 g/mol. The number of nitrogens with zero attached hydrogens (tertiary/aromatic N) is 4. The van der Waals surface area contributed by atoms with Crippen LogP contribution in [0.4, 0.5) is 0 Å². The van der Waals surface area contributed by atoms with E-state index in [1.165, 1.54) is 10.8 Å². The van der Waals surface area contributed by atoms with Gasteiger partial charge in [0.15, 0.2) is 0 Å². The molecule has 4 heteroatoms. The molecule has 0 bridgehead atoms. The Morgan fingerprint density at radius 1 is 0.561 bits per heavy atom. The van der Waals surface area contributed by atoms with E-state index in [-0.39, 0.29) is 0 Å². The molecule has 4 nitrogen and oxygen atoms in total. The zero-order chi connectivity index (χ0) is 27.5. The van der Waals surface area contributed by atoms with Crippen LogP contribution in [-0.2, 0) is 0 Å². The van der Waals surface area contributed by atoms with Crippen LogP contribution < -0.4 is 0 Å². The molecule has 5 aromatic carbocycles. The van der Waals surface area contributed by atoms with Crippen molar-refractivity contribution >= 4 is 43.6 Å². The van der Waals surface area contributed by atoms with Gasteiger partial charge in [0.1, 0.15) is 0 Å². The maximum atomic E-state index is 9.63. The molecule has 8 aromatic rings. The van der Waals surface area contributed by atoms with Crippen LogP contribution in [0.3, 0.4) is 0 Å². The van der Waals surface area contributed by atoms with Crippen LogP contribution in [0, 0.1) is 18.3 Å². The molecule has 0 saturated carbocycles. The Bertz CT molecular complexity index is 2290. The number of pyridine rings is 1. The molecule has 0 aliphatic heterocycles. The summed E-state index contributed by atoms with van der Waals surface area (Å²) < 4.78 is 4.67. The van der Waals surface area contributed by atoms with Gasteiger partial charge in [0.05, 0.1) is 39.4 Å². The Morgan fingerprint density at radius 2 is 1.10 bits per heavy atom. The largest absolute Gasteiger partial charge is 0.309 e. The Labute approximate surface area is 237 Å². The number of benzene rings is 5. The molecule has 3 heterocycles. The number of fused-ring (bicyclic) bond motifs is 6. The number of aryl methyl sites for hydroxylation is 1. The van der Waals surface area contributed by atoms with E-state index < -0.39 is 0 Å². The van der Waals surface area contributed by atoms with Gasteiger partial charge in [-0.05, 0) is 73.2 Å². The van der Waals surface area contributed by atoms with Crippen LogP contribution in [0.5, 0.6) is 0 Å². The highest BCUT2D eigenvalue weighted by molar-refractivity contribution is 6.11. The lowest BCUT2D eigenvalue weighted by Crippen LogP contribution is -2.01. The standard InChI is InChI=1S/C37H24N4/c1-24-9-8-18-39-37(24)26-20-27(40-33-13-5-2-10-29(33)30-11-3-6-14-34(30)40)22-28(21-26)41-35-15-7-4-12-31(35)32-19-25(23-38)16-17-36(32)41/h2-22H,1H3. The predicted molar refractivity (Wildman–Crippen MR) is 168 cm³/mol. The molecule has 0 fully saturated rings. The first kappa shape index (κ1) is 23.2. The SMILES string of the molecule is Cc1cccnc1-c1cc(-n2c3ccccc3c3ccccc32)cc(-n2c3ccccc3c3cc(C#N)ccc32)c1. The van der Waals surface area contributed by atoms with Gasteiger partial charge >= 0.3 is 0 Å². The zero-order valence-electron chi connectivity index (χ0n) is 22.4. The first-order valence-electron chi connectivity index (χ1n) is 13.7. The summed E-state index contributed by atoms with van der Waals surface area (Å²) in [6.07, 6.45) is 1.86. The van der Waals surface area contributed by atoms with Gasteiger partial charge in [0, 0.05) is 44.7 Å². The summed E-state index contributed by atoms with van der Waals surface area (Å²) in [6, 6.07) is 44.7. The number of hydrogen-bond donors (Lipinski definition) is 0. The minimum Gasteiger partial charge on any atom is -0.309 e. The van der Waals surface area contributed by atoms with Crippen molar-refractivity contribution in [1.29, 1.82) is 5.26 Å². The molecule has 41 heavy (non-hydrogen) atoms. The van der Waals surface area contributed by atoms with Crippen molar-refractivity contribution < 1.29 is 0 Å². The summed E-state index contributed by atoms with van der Waals surface area (Å²) in [5, 5.41) is 14.3. The van der Waals surface area contributed by atoms with Crippen LogP contribution in [0.15, 0.2) is 128 Å². The maximum Gasteiger partial charge on any atom is 0.0991 e. The summed E-state index contributed by atoms with van der Waals surface area (Å²) in [5.74, 6) is 0. The van der Waals surface area contributed by atoms with E-state index in [1.54, 1.807) is 0 Å². The minimum atomic E-state index is 0.657. The molecule has 192 valence electrons.